The SMILES string of the molecule is O=C(ON1C(=O)CCC1=O)c1cc(OCCOCCN2C(=O)C=CC2=O)cc(OCCOCCN2C(=O)C=CC2=O)c1. The molecular formula is C27H27N3O12. The van der Waals surface area contributed by atoms with Crippen molar-refractivity contribution in [2.24, 2.45) is 0 Å². The summed E-state index contributed by atoms with van der Waals surface area (Å²) in [7, 11) is 0. The van der Waals surface area contributed by atoms with Crippen molar-refractivity contribution in [3.63, 3.8) is 0 Å². The van der Waals surface area contributed by atoms with Crippen molar-refractivity contribution in [1.29, 1.82) is 0 Å². The highest BCUT2D eigenvalue weighted by Crippen LogP contribution is 2.25. The maximum absolute atomic E-state index is 12.7. The third-order valence-corrected chi connectivity index (χ3v) is 6.01. The Morgan fingerprint density at radius 2 is 1.02 bits per heavy atom. The number of benzene rings is 1. The Balaban J connectivity index is 1.27. The standard InChI is InChI=1S/C27H27N3O12/c31-21-1-2-22(32)28(21)7-9-38-11-13-40-19-15-18(27(37)42-30-25(35)5-6-26(30)36)16-20(17-19)41-14-12-39-10-8-29-23(33)3-4-24(29)34/h1-4,15-17H,5-14H2. The lowest BCUT2D eigenvalue weighted by atomic mass is 10.2. The van der Waals surface area contributed by atoms with Crippen molar-refractivity contribution < 1.29 is 57.3 Å². The fourth-order valence-electron chi connectivity index (χ4n) is 3.91. The number of nitrogens with zero attached hydrogens (tertiary/aromatic N) is 3. The van der Waals surface area contributed by atoms with Crippen LogP contribution in [0.1, 0.15) is 23.2 Å². The van der Waals surface area contributed by atoms with Crippen molar-refractivity contribution in [3.8, 4) is 11.5 Å². The molecule has 1 fully saturated rings. The van der Waals surface area contributed by atoms with Gasteiger partial charge in [0, 0.05) is 43.2 Å². The molecule has 6 amide bonds. The van der Waals surface area contributed by atoms with Gasteiger partial charge in [-0.05, 0) is 12.1 Å². The summed E-state index contributed by atoms with van der Waals surface area (Å²) in [4.78, 5) is 89.8. The molecule has 0 N–H and O–H groups in total. The van der Waals surface area contributed by atoms with Gasteiger partial charge in [0.1, 0.15) is 24.7 Å². The fraction of sp³-hybridized carbons (Fsp3) is 0.370. The number of hydrogen-bond acceptors (Lipinski definition) is 12. The van der Waals surface area contributed by atoms with Crippen LogP contribution in [0.15, 0.2) is 42.5 Å². The van der Waals surface area contributed by atoms with Crippen LogP contribution in [0.5, 0.6) is 11.5 Å². The van der Waals surface area contributed by atoms with Gasteiger partial charge in [0.15, 0.2) is 0 Å². The molecule has 0 bridgehead atoms. The van der Waals surface area contributed by atoms with E-state index in [1.807, 2.05) is 0 Å². The maximum atomic E-state index is 12.7. The minimum atomic E-state index is -0.983. The minimum absolute atomic E-state index is 0.0348. The Morgan fingerprint density at radius 1 is 0.595 bits per heavy atom. The van der Waals surface area contributed by atoms with Gasteiger partial charge in [0.25, 0.3) is 35.4 Å². The molecule has 42 heavy (non-hydrogen) atoms. The first kappa shape index (κ1) is 30.1. The quantitative estimate of drug-likeness (QED) is 0.181. The molecule has 0 spiro atoms. The van der Waals surface area contributed by atoms with Gasteiger partial charge in [-0.2, -0.15) is 0 Å². The largest absolute Gasteiger partial charge is 0.491 e. The molecule has 0 saturated carbocycles. The summed E-state index contributed by atoms with van der Waals surface area (Å²) >= 11 is 0. The molecule has 0 aromatic heterocycles. The van der Waals surface area contributed by atoms with E-state index in [-0.39, 0.29) is 82.6 Å². The van der Waals surface area contributed by atoms with Crippen LogP contribution in [0.25, 0.3) is 0 Å². The summed E-state index contributed by atoms with van der Waals surface area (Å²) < 4.78 is 22.2. The predicted molar refractivity (Wildman–Crippen MR) is 137 cm³/mol. The molecule has 0 aliphatic carbocycles. The van der Waals surface area contributed by atoms with Crippen molar-refractivity contribution in [3.05, 3.63) is 48.1 Å². The number of ether oxygens (including phenoxy) is 4. The first-order valence-electron chi connectivity index (χ1n) is 12.9. The van der Waals surface area contributed by atoms with E-state index in [1.165, 1.54) is 42.5 Å². The second-order valence-corrected chi connectivity index (χ2v) is 8.90. The topological polar surface area (TPSA) is 175 Å². The molecule has 0 radical (unpaired) electrons. The minimum Gasteiger partial charge on any atom is -0.491 e. The van der Waals surface area contributed by atoms with Crippen molar-refractivity contribution >= 4 is 41.4 Å². The van der Waals surface area contributed by atoms with Gasteiger partial charge in [0.05, 0.1) is 45.1 Å². The average Bonchev–Trinajstić information content (AvgIpc) is 3.59. The van der Waals surface area contributed by atoms with E-state index >= 15 is 0 Å². The number of hydroxylamine groups is 2. The predicted octanol–water partition coefficient (Wildman–Crippen LogP) is -0.452. The van der Waals surface area contributed by atoms with E-state index in [9.17, 15) is 33.6 Å². The van der Waals surface area contributed by atoms with Crippen LogP contribution in [-0.2, 0) is 43.1 Å². The monoisotopic (exact) mass is 585 g/mol. The van der Waals surface area contributed by atoms with Crippen LogP contribution in [-0.4, -0.2) is 109 Å². The highest BCUT2D eigenvalue weighted by atomic mass is 16.7. The van der Waals surface area contributed by atoms with Crippen LogP contribution < -0.4 is 9.47 Å². The number of imide groups is 3. The van der Waals surface area contributed by atoms with Gasteiger partial charge < -0.3 is 23.8 Å². The van der Waals surface area contributed by atoms with Gasteiger partial charge in [-0.1, -0.05) is 0 Å². The Kier molecular flexibility index (Phi) is 10.1. The van der Waals surface area contributed by atoms with Gasteiger partial charge in [-0.3, -0.25) is 38.6 Å². The molecule has 15 heteroatoms. The highest BCUT2D eigenvalue weighted by molar-refractivity contribution is 6.13. The molecule has 3 aliphatic heterocycles. The first-order valence-corrected chi connectivity index (χ1v) is 12.9. The second kappa shape index (κ2) is 14.1. The maximum Gasteiger partial charge on any atom is 0.364 e. The molecule has 1 aromatic carbocycles. The van der Waals surface area contributed by atoms with Gasteiger partial charge >= 0.3 is 5.97 Å². The van der Waals surface area contributed by atoms with E-state index in [0.29, 0.717) is 5.06 Å². The number of amides is 6. The molecule has 3 aliphatic rings. The molecular weight excluding hydrogens is 558 g/mol. The summed E-state index contributed by atoms with van der Waals surface area (Å²) in [5.41, 5.74) is -0.0612. The molecule has 15 nitrogen and oxygen atoms in total. The summed E-state index contributed by atoms with van der Waals surface area (Å²) in [6.07, 6.45) is 4.61. The third-order valence-electron chi connectivity index (χ3n) is 6.01. The first-order chi connectivity index (χ1) is 20.2. The van der Waals surface area contributed by atoms with E-state index in [4.69, 9.17) is 23.8 Å². The summed E-state index contributed by atoms with van der Waals surface area (Å²) in [5.74, 6) is -3.50. The zero-order chi connectivity index (χ0) is 30.1. The highest BCUT2D eigenvalue weighted by Gasteiger charge is 2.33. The molecule has 3 heterocycles. The summed E-state index contributed by atoms with van der Waals surface area (Å²) in [6.45, 7) is 0.617. The molecule has 0 unspecified atom stereocenters. The fourth-order valence-corrected chi connectivity index (χ4v) is 3.91. The Morgan fingerprint density at radius 3 is 1.45 bits per heavy atom. The van der Waals surface area contributed by atoms with Crippen LogP contribution in [0.2, 0.25) is 0 Å². The van der Waals surface area contributed by atoms with Gasteiger partial charge in [0.2, 0.25) is 0 Å². The van der Waals surface area contributed by atoms with E-state index in [0.717, 1.165) is 9.80 Å². The van der Waals surface area contributed by atoms with Crippen LogP contribution >= 0.6 is 0 Å². The average molecular weight is 586 g/mol. The van der Waals surface area contributed by atoms with E-state index < -0.39 is 41.4 Å². The van der Waals surface area contributed by atoms with Crippen LogP contribution in [0.4, 0.5) is 0 Å². The summed E-state index contributed by atoms with van der Waals surface area (Å²) in [5, 5.41) is 0.425. The summed E-state index contributed by atoms with van der Waals surface area (Å²) in [6, 6.07) is 4.16. The molecule has 222 valence electrons. The Hall–Kier alpha value is -4.89. The smallest absolute Gasteiger partial charge is 0.364 e. The molecule has 1 aromatic rings. The van der Waals surface area contributed by atoms with Crippen LogP contribution in [0, 0.1) is 0 Å². The lowest BCUT2D eigenvalue weighted by Gasteiger charge is -2.16. The van der Waals surface area contributed by atoms with E-state index in [2.05, 4.69) is 0 Å². The lowest BCUT2D eigenvalue weighted by Crippen LogP contribution is -2.33. The van der Waals surface area contributed by atoms with E-state index in [1.54, 1.807) is 0 Å². The molecule has 1 saturated heterocycles. The number of hydrogen-bond donors (Lipinski definition) is 0. The molecule has 4 rings (SSSR count). The number of carbonyl (C=O) groups is 7. The normalized spacial score (nSPS) is 16.4. The number of rotatable bonds is 16. The Labute approximate surface area is 239 Å². The zero-order valence-electron chi connectivity index (χ0n) is 22.4. The zero-order valence-corrected chi connectivity index (χ0v) is 22.4. The Bertz CT molecular complexity index is 1210. The molecule has 0 atom stereocenters. The van der Waals surface area contributed by atoms with Gasteiger partial charge in [-0.25, -0.2) is 4.79 Å². The third kappa shape index (κ3) is 7.86. The van der Waals surface area contributed by atoms with Gasteiger partial charge in [-0.15, -0.1) is 5.06 Å². The second-order valence-electron chi connectivity index (χ2n) is 8.90. The number of carbonyl (C=O) groups excluding carboxylic acids is 7. The van der Waals surface area contributed by atoms with Crippen molar-refractivity contribution in [2.45, 2.75) is 12.8 Å². The van der Waals surface area contributed by atoms with Crippen molar-refractivity contribution in [1.82, 2.24) is 14.9 Å². The van der Waals surface area contributed by atoms with Crippen molar-refractivity contribution in [2.75, 3.05) is 52.7 Å². The van der Waals surface area contributed by atoms with Crippen LogP contribution in [0.3, 0.4) is 0 Å². The lowest BCUT2D eigenvalue weighted by molar-refractivity contribution is -0.172.